The topological polar surface area (TPSA) is 15.3 Å². The van der Waals surface area contributed by atoms with Gasteiger partial charge in [0.25, 0.3) is 0 Å². The molecule has 0 unspecified atom stereocenters. The molecular weight excluding hydrogens is 172 g/mol. The number of nitrogens with zero attached hydrogens (tertiary/aromatic N) is 1. The van der Waals surface area contributed by atoms with Crippen LogP contribution >= 0.6 is 0 Å². The van der Waals surface area contributed by atoms with Gasteiger partial charge in [-0.05, 0) is 51.6 Å². The molecule has 1 saturated heterocycles. The van der Waals surface area contributed by atoms with Gasteiger partial charge in [-0.1, -0.05) is 6.92 Å². The maximum atomic E-state index is 3.76. The highest BCUT2D eigenvalue weighted by Crippen LogP contribution is 2.29. The van der Waals surface area contributed by atoms with Crippen LogP contribution in [0.2, 0.25) is 0 Å². The van der Waals surface area contributed by atoms with Crippen molar-refractivity contribution < 1.29 is 0 Å². The Labute approximate surface area is 88.1 Å². The second kappa shape index (κ2) is 4.19. The summed E-state index contributed by atoms with van der Waals surface area (Å²) >= 11 is 0. The summed E-state index contributed by atoms with van der Waals surface area (Å²) in [4.78, 5) is 2.49. The molecule has 82 valence electrons. The molecule has 1 N–H and O–H groups in total. The average molecular weight is 196 g/mol. The summed E-state index contributed by atoms with van der Waals surface area (Å²) in [5.74, 6) is 1.83. The SMILES string of the molecule is C[C@@H]1CN(C)[C@H](C)C[C@H]1NCC1CC1. The van der Waals surface area contributed by atoms with Crippen LogP contribution in [0.25, 0.3) is 0 Å². The Kier molecular flexibility index (Phi) is 3.13. The molecule has 2 rings (SSSR count). The fraction of sp³-hybridized carbons (Fsp3) is 1.00. The molecule has 2 nitrogen and oxygen atoms in total. The Balaban J connectivity index is 1.78. The highest BCUT2D eigenvalue weighted by molar-refractivity contribution is 4.87. The van der Waals surface area contributed by atoms with Gasteiger partial charge in [-0.3, -0.25) is 0 Å². The lowest BCUT2D eigenvalue weighted by atomic mass is 9.90. The Bertz CT molecular complexity index is 189. The molecule has 0 aromatic carbocycles. The smallest absolute Gasteiger partial charge is 0.0120 e. The second-order valence-electron chi connectivity index (χ2n) is 5.46. The van der Waals surface area contributed by atoms with E-state index >= 15 is 0 Å². The van der Waals surface area contributed by atoms with Crippen LogP contribution in [0.3, 0.4) is 0 Å². The van der Waals surface area contributed by atoms with Crippen molar-refractivity contribution in [3.63, 3.8) is 0 Å². The van der Waals surface area contributed by atoms with E-state index in [1.54, 1.807) is 0 Å². The lowest BCUT2D eigenvalue weighted by Crippen LogP contribution is -2.51. The molecule has 1 aliphatic carbocycles. The molecule has 1 saturated carbocycles. The van der Waals surface area contributed by atoms with Gasteiger partial charge in [0.1, 0.15) is 0 Å². The summed E-state index contributed by atoms with van der Waals surface area (Å²) in [5.41, 5.74) is 0. The Morgan fingerprint density at radius 1 is 1.29 bits per heavy atom. The molecule has 2 fully saturated rings. The van der Waals surface area contributed by atoms with Crippen molar-refractivity contribution in [3.8, 4) is 0 Å². The van der Waals surface area contributed by atoms with Gasteiger partial charge in [-0.2, -0.15) is 0 Å². The molecule has 2 heteroatoms. The quantitative estimate of drug-likeness (QED) is 0.739. The first-order valence-electron chi connectivity index (χ1n) is 6.10. The fourth-order valence-electron chi connectivity index (χ4n) is 2.47. The van der Waals surface area contributed by atoms with Gasteiger partial charge in [0.15, 0.2) is 0 Å². The van der Waals surface area contributed by atoms with Crippen LogP contribution < -0.4 is 5.32 Å². The van der Waals surface area contributed by atoms with Gasteiger partial charge < -0.3 is 10.2 Å². The molecule has 0 aromatic rings. The van der Waals surface area contributed by atoms with Gasteiger partial charge in [-0.15, -0.1) is 0 Å². The van der Waals surface area contributed by atoms with Crippen LogP contribution in [0.5, 0.6) is 0 Å². The molecule has 0 bridgehead atoms. The highest BCUT2D eigenvalue weighted by Gasteiger charge is 2.30. The van der Waals surface area contributed by atoms with Crippen molar-refractivity contribution in [2.45, 2.75) is 45.2 Å². The highest BCUT2D eigenvalue weighted by atomic mass is 15.2. The van der Waals surface area contributed by atoms with E-state index in [4.69, 9.17) is 0 Å². The van der Waals surface area contributed by atoms with Crippen molar-refractivity contribution >= 4 is 0 Å². The van der Waals surface area contributed by atoms with Gasteiger partial charge in [-0.25, -0.2) is 0 Å². The molecule has 0 radical (unpaired) electrons. The largest absolute Gasteiger partial charge is 0.313 e. The zero-order chi connectivity index (χ0) is 10.1. The van der Waals surface area contributed by atoms with E-state index in [1.165, 1.54) is 32.4 Å². The molecule has 0 amide bonds. The van der Waals surface area contributed by atoms with Crippen LogP contribution in [-0.4, -0.2) is 37.1 Å². The second-order valence-corrected chi connectivity index (χ2v) is 5.46. The Morgan fingerprint density at radius 2 is 2.00 bits per heavy atom. The molecule has 0 spiro atoms. The van der Waals surface area contributed by atoms with Crippen molar-refractivity contribution in [2.24, 2.45) is 11.8 Å². The summed E-state index contributed by atoms with van der Waals surface area (Å²) < 4.78 is 0. The van der Waals surface area contributed by atoms with Crippen molar-refractivity contribution in [2.75, 3.05) is 20.1 Å². The van der Waals surface area contributed by atoms with Crippen molar-refractivity contribution in [1.29, 1.82) is 0 Å². The van der Waals surface area contributed by atoms with Crippen LogP contribution in [0.4, 0.5) is 0 Å². The first-order chi connectivity index (χ1) is 6.66. The minimum Gasteiger partial charge on any atom is -0.313 e. The van der Waals surface area contributed by atoms with Crippen LogP contribution in [0.15, 0.2) is 0 Å². The number of hydrogen-bond donors (Lipinski definition) is 1. The molecule has 14 heavy (non-hydrogen) atoms. The summed E-state index contributed by atoms with van der Waals surface area (Å²) in [7, 11) is 2.25. The summed E-state index contributed by atoms with van der Waals surface area (Å²) in [6, 6.07) is 1.52. The van der Waals surface area contributed by atoms with E-state index in [1.807, 2.05) is 0 Å². The van der Waals surface area contributed by atoms with E-state index in [2.05, 4.69) is 31.1 Å². The summed E-state index contributed by atoms with van der Waals surface area (Å²) in [6.07, 6.45) is 4.25. The first-order valence-corrected chi connectivity index (χ1v) is 6.10. The van der Waals surface area contributed by atoms with Gasteiger partial charge >= 0.3 is 0 Å². The summed E-state index contributed by atoms with van der Waals surface area (Å²) in [5, 5.41) is 3.76. The van der Waals surface area contributed by atoms with Crippen molar-refractivity contribution in [1.82, 2.24) is 10.2 Å². The third kappa shape index (κ3) is 2.48. The number of rotatable bonds is 3. The number of nitrogens with one attached hydrogen (secondary N) is 1. The zero-order valence-electron chi connectivity index (χ0n) is 9.79. The number of piperidine rings is 1. The number of likely N-dealkylation sites (tertiary alicyclic amines) is 1. The maximum Gasteiger partial charge on any atom is 0.0120 e. The zero-order valence-corrected chi connectivity index (χ0v) is 9.79. The van der Waals surface area contributed by atoms with Crippen LogP contribution in [-0.2, 0) is 0 Å². The molecule has 0 aromatic heterocycles. The monoisotopic (exact) mass is 196 g/mol. The predicted molar refractivity (Wildman–Crippen MR) is 60.4 cm³/mol. The van der Waals surface area contributed by atoms with E-state index in [0.29, 0.717) is 0 Å². The predicted octanol–water partition coefficient (Wildman–Crippen LogP) is 1.71. The van der Waals surface area contributed by atoms with Gasteiger partial charge in [0, 0.05) is 18.6 Å². The van der Waals surface area contributed by atoms with E-state index in [9.17, 15) is 0 Å². The average Bonchev–Trinajstić information content (AvgIpc) is 2.92. The lowest BCUT2D eigenvalue weighted by molar-refractivity contribution is 0.121. The molecule has 3 atom stereocenters. The normalized spacial score (nSPS) is 40.1. The standard InChI is InChI=1S/C12H24N2/c1-9-8-14(3)10(2)6-12(9)13-7-11-4-5-11/h9-13H,4-8H2,1-3H3/t9-,10-,12-/m1/s1. The Hall–Kier alpha value is -0.0800. The minimum absolute atomic E-state index is 0.753. The minimum atomic E-state index is 0.753. The fourth-order valence-corrected chi connectivity index (χ4v) is 2.47. The maximum absolute atomic E-state index is 3.76. The molecule has 1 heterocycles. The van der Waals surface area contributed by atoms with E-state index in [-0.39, 0.29) is 0 Å². The molecule has 1 aliphatic heterocycles. The van der Waals surface area contributed by atoms with Crippen LogP contribution in [0, 0.1) is 11.8 Å². The van der Waals surface area contributed by atoms with E-state index < -0.39 is 0 Å². The Morgan fingerprint density at radius 3 is 2.64 bits per heavy atom. The third-order valence-electron chi connectivity index (χ3n) is 3.98. The van der Waals surface area contributed by atoms with Gasteiger partial charge in [0.2, 0.25) is 0 Å². The lowest BCUT2D eigenvalue weighted by Gasteiger charge is -2.40. The van der Waals surface area contributed by atoms with Crippen LogP contribution in [0.1, 0.15) is 33.1 Å². The first kappa shape index (κ1) is 10.4. The molecule has 2 aliphatic rings. The summed E-state index contributed by atoms with van der Waals surface area (Å²) in [6.45, 7) is 7.25. The number of hydrogen-bond acceptors (Lipinski definition) is 2. The van der Waals surface area contributed by atoms with Crippen molar-refractivity contribution in [3.05, 3.63) is 0 Å². The third-order valence-corrected chi connectivity index (χ3v) is 3.98. The van der Waals surface area contributed by atoms with E-state index in [0.717, 1.165) is 23.9 Å². The molecular formula is C12H24N2. The van der Waals surface area contributed by atoms with Gasteiger partial charge in [0.05, 0.1) is 0 Å².